The monoisotopic (exact) mass is 266 g/mol. The van der Waals surface area contributed by atoms with Crippen molar-refractivity contribution in [1.82, 2.24) is 5.32 Å². The van der Waals surface area contributed by atoms with Gasteiger partial charge in [-0.1, -0.05) is 0 Å². The number of amides is 1. The number of rotatable bonds is 5. The van der Waals surface area contributed by atoms with E-state index in [1.165, 1.54) is 7.11 Å². The first-order valence-electron chi connectivity index (χ1n) is 5.37. The number of ether oxygens (including phenoxy) is 2. The lowest BCUT2D eigenvalue weighted by molar-refractivity contribution is -0.140. The van der Waals surface area contributed by atoms with E-state index in [4.69, 9.17) is 10.5 Å². The average molecular weight is 267 g/mol. The molecule has 0 unspecified atom stereocenters. The second-order valence-electron chi connectivity index (χ2n) is 3.68. The Morgan fingerprint density at radius 2 is 2.18 bits per heavy atom. The molecule has 6 nitrogen and oxygen atoms in total. The van der Waals surface area contributed by atoms with Crippen molar-refractivity contribution in [2.45, 2.75) is 31.5 Å². The first-order valence-corrected chi connectivity index (χ1v) is 5.37. The zero-order chi connectivity index (χ0) is 12.0. The van der Waals surface area contributed by atoms with Crippen LogP contribution in [0.3, 0.4) is 0 Å². The van der Waals surface area contributed by atoms with E-state index >= 15 is 0 Å². The van der Waals surface area contributed by atoms with Gasteiger partial charge >= 0.3 is 5.97 Å². The molecule has 0 radical (unpaired) electrons. The Labute approximate surface area is 107 Å². The van der Waals surface area contributed by atoms with Gasteiger partial charge in [0.1, 0.15) is 6.10 Å². The van der Waals surface area contributed by atoms with Gasteiger partial charge < -0.3 is 20.5 Å². The lowest BCUT2D eigenvalue weighted by Crippen LogP contribution is -2.36. The highest BCUT2D eigenvalue weighted by Crippen LogP contribution is 2.18. The molecular formula is C10H19ClN2O4. The van der Waals surface area contributed by atoms with Gasteiger partial charge in [0.2, 0.25) is 5.91 Å². The molecule has 1 fully saturated rings. The molecule has 0 saturated carbocycles. The maximum Gasteiger partial charge on any atom is 0.307 e. The zero-order valence-electron chi connectivity index (χ0n) is 9.81. The van der Waals surface area contributed by atoms with Crippen LogP contribution in [0.15, 0.2) is 0 Å². The molecule has 1 aliphatic rings. The van der Waals surface area contributed by atoms with Gasteiger partial charge in [-0.05, 0) is 12.8 Å². The highest BCUT2D eigenvalue weighted by molar-refractivity contribution is 5.85. The number of carbonyl (C=O) groups is 2. The molecule has 7 heteroatoms. The highest BCUT2D eigenvalue weighted by Gasteiger charge is 2.29. The molecule has 1 amide bonds. The minimum Gasteiger partial charge on any atom is -0.469 e. The molecule has 1 saturated heterocycles. The van der Waals surface area contributed by atoms with Crippen LogP contribution in [0.2, 0.25) is 0 Å². The van der Waals surface area contributed by atoms with Gasteiger partial charge in [-0.2, -0.15) is 0 Å². The smallest absolute Gasteiger partial charge is 0.307 e. The molecule has 2 atom stereocenters. The van der Waals surface area contributed by atoms with E-state index in [9.17, 15) is 9.59 Å². The van der Waals surface area contributed by atoms with Crippen molar-refractivity contribution in [3.63, 3.8) is 0 Å². The van der Waals surface area contributed by atoms with Crippen molar-refractivity contribution in [3.05, 3.63) is 0 Å². The van der Waals surface area contributed by atoms with Gasteiger partial charge in [0.05, 0.1) is 19.6 Å². The van der Waals surface area contributed by atoms with Crippen LogP contribution in [-0.2, 0) is 19.1 Å². The fourth-order valence-electron chi connectivity index (χ4n) is 1.58. The molecule has 17 heavy (non-hydrogen) atoms. The summed E-state index contributed by atoms with van der Waals surface area (Å²) in [5, 5.41) is 2.63. The maximum atomic E-state index is 11.5. The predicted octanol–water partition coefficient (Wildman–Crippen LogP) is -0.406. The van der Waals surface area contributed by atoms with E-state index in [1.54, 1.807) is 0 Å². The quantitative estimate of drug-likeness (QED) is 0.661. The van der Waals surface area contributed by atoms with Gasteiger partial charge in [0.25, 0.3) is 0 Å². The molecule has 0 aromatic rings. The van der Waals surface area contributed by atoms with Gasteiger partial charge in [0, 0.05) is 13.1 Å². The molecular weight excluding hydrogens is 248 g/mol. The number of halogens is 1. The summed E-state index contributed by atoms with van der Waals surface area (Å²) in [5.74, 6) is -0.521. The second kappa shape index (κ2) is 8.27. The number of nitrogens with two attached hydrogens (primary N) is 1. The van der Waals surface area contributed by atoms with Gasteiger partial charge in [-0.3, -0.25) is 9.59 Å². The summed E-state index contributed by atoms with van der Waals surface area (Å²) in [6.07, 6.45) is 1.23. The van der Waals surface area contributed by atoms with Crippen molar-refractivity contribution in [2.75, 3.05) is 20.2 Å². The Morgan fingerprint density at radius 3 is 2.71 bits per heavy atom. The summed E-state index contributed by atoms with van der Waals surface area (Å²) in [6, 6.07) is 0. The largest absolute Gasteiger partial charge is 0.469 e. The van der Waals surface area contributed by atoms with Crippen LogP contribution in [0.4, 0.5) is 0 Å². The third kappa shape index (κ3) is 5.34. The predicted molar refractivity (Wildman–Crippen MR) is 63.8 cm³/mol. The Balaban J connectivity index is 0.00000256. The van der Waals surface area contributed by atoms with E-state index in [0.717, 1.165) is 6.42 Å². The fourth-order valence-corrected chi connectivity index (χ4v) is 1.58. The molecule has 3 N–H and O–H groups in total. The van der Waals surface area contributed by atoms with Crippen LogP contribution >= 0.6 is 12.4 Å². The van der Waals surface area contributed by atoms with E-state index < -0.39 is 6.10 Å². The Bertz CT molecular complexity index is 263. The summed E-state index contributed by atoms with van der Waals surface area (Å²) < 4.78 is 9.86. The van der Waals surface area contributed by atoms with Crippen molar-refractivity contribution in [3.8, 4) is 0 Å². The van der Waals surface area contributed by atoms with Crippen LogP contribution in [0.5, 0.6) is 0 Å². The number of esters is 1. The van der Waals surface area contributed by atoms with Crippen molar-refractivity contribution in [2.24, 2.45) is 5.73 Å². The molecule has 1 rings (SSSR count). The molecule has 0 aromatic carbocycles. The Morgan fingerprint density at radius 1 is 1.47 bits per heavy atom. The summed E-state index contributed by atoms with van der Waals surface area (Å²) in [4.78, 5) is 22.3. The number of carbonyl (C=O) groups excluding carboxylic acids is 2. The minimum atomic E-state index is -0.425. The summed E-state index contributed by atoms with van der Waals surface area (Å²) in [6.45, 7) is 0.713. The van der Waals surface area contributed by atoms with E-state index in [1.807, 2.05) is 0 Å². The second-order valence-corrected chi connectivity index (χ2v) is 3.68. The normalized spacial score (nSPS) is 22.7. The molecule has 0 spiro atoms. The van der Waals surface area contributed by atoms with E-state index in [-0.39, 0.29) is 43.4 Å². The van der Waals surface area contributed by atoms with Crippen LogP contribution in [0.25, 0.3) is 0 Å². The third-order valence-electron chi connectivity index (χ3n) is 2.52. The number of hydrogen-bond acceptors (Lipinski definition) is 5. The van der Waals surface area contributed by atoms with E-state index in [0.29, 0.717) is 13.0 Å². The lowest BCUT2D eigenvalue weighted by atomic mass is 10.2. The van der Waals surface area contributed by atoms with Crippen LogP contribution < -0.4 is 11.1 Å². The SMILES string of the molecule is COC(=O)CCNC(=O)[C@@H]1CC[C@H](CN)O1.Cl. The topological polar surface area (TPSA) is 90.7 Å². The Hall–Kier alpha value is -0.850. The fraction of sp³-hybridized carbons (Fsp3) is 0.800. The summed E-state index contributed by atoms with van der Waals surface area (Å²) in [5.41, 5.74) is 5.44. The molecule has 0 aliphatic carbocycles. The summed E-state index contributed by atoms with van der Waals surface area (Å²) >= 11 is 0. The van der Waals surface area contributed by atoms with Crippen molar-refractivity contribution in [1.29, 1.82) is 0 Å². The van der Waals surface area contributed by atoms with E-state index in [2.05, 4.69) is 10.1 Å². The van der Waals surface area contributed by atoms with Crippen molar-refractivity contribution >= 4 is 24.3 Å². The molecule has 0 bridgehead atoms. The molecule has 1 heterocycles. The van der Waals surface area contributed by atoms with Gasteiger partial charge in [0.15, 0.2) is 0 Å². The standard InChI is InChI=1S/C10H18N2O4.ClH/c1-15-9(13)4-5-12-10(14)8-3-2-7(6-11)16-8;/h7-8H,2-6,11H2,1H3,(H,12,14);1H/t7-,8+;/m1./s1. The van der Waals surface area contributed by atoms with Crippen LogP contribution in [0, 0.1) is 0 Å². The Kier molecular flexibility index (Phi) is 7.86. The van der Waals surface area contributed by atoms with Gasteiger partial charge in [-0.15, -0.1) is 12.4 Å². The van der Waals surface area contributed by atoms with Gasteiger partial charge in [-0.25, -0.2) is 0 Å². The average Bonchev–Trinajstić information content (AvgIpc) is 2.77. The minimum absolute atomic E-state index is 0. The zero-order valence-corrected chi connectivity index (χ0v) is 10.6. The first kappa shape index (κ1) is 16.1. The lowest BCUT2D eigenvalue weighted by Gasteiger charge is -2.12. The first-order chi connectivity index (χ1) is 7.67. The number of hydrogen-bond donors (Lipinski definition) is 2. The third-order valence-corrected chi connectivity index (χ3v) is 2.52. The number of nitrogens with one attached hydrogen (secondary N) is 1. The highest BCUT2D eigenvalue weighted by atomic mass is 35.5. The van der Waals surface area contributed by atoms with Crippen LogP contribution in [-0.4, -0.2) is 44.3 Å². The molecule has 1 aliphatic heterocycles. The molecule has 100 valence electrons. The summed E-state index contributed by atoms with van der Waals surface area (Å²) in [7, 11) is 1.32. The maximum absolute atomic E-state index is 11.5. The van der Waals surface area contributed by atoms with Crippen molar-refractivity contribution < 1.29 is 19.1 Å². The molecule has 0 aromatic heterocycles. The van der Waals surface area contributed by atoms with Crippen LogP contribution in [0.1, 0.15) is 19.3 Å². The number of methoxy groups -OCH3 is 1.